The van der Waals surface area contributed by atoms with Gasteiger partial charge in [0, 0.05) is 6.92 Å². The number of benzene rings is 1. The predicted molar refractivity (Wildman–Crippen MR) is 73.9 cm³/mol. The number of hydrogen-bond acceptors (Lipinski definition) is 5. The van der Waals surface area contributed by atoms with Crippen molar-refractivity contribution in [3.8, 4) is 0 Å². The molecule has 1 aliphatic rings. The number of carbonyl (C=O) groups is 2. The van der Waals surface area contributed by atoms with Gasteiger partial charge in [-0.1, -0.05) is 30.3 Å². The highest BCUT2D eigenvalue weighted by Gasteiger charge is 2.35. The summed E-state index contributed by atoms with van der Waals surface area (Å²) >= 11 is 0. The van der Waals surface area contributed by atoms with E-state index < -0.39 is 18.4 Å². The van der Waals surface area contributed by atoms with E-state index in [0.29, 0.717) is 6.29 Å². The summed E-state index contributed by atoms with van der Waals surface area (Å²) in [7, 11) is 0. The van der Waals surface area contributed by atoms with Crippen LogP contribution in [0.1, 0.15) is 12.5 Å². The first-order valence-corrected chi connectivity index (χ1v) is 6.54. The zero-order valence-corrected chi connectivity index (χ0v) is 11.6. The molecule has 1 aliphatic heterocycles. The molecule has 0 aromatic heterocycles. The molecule has 112 valence electrons. The maximum absolute atomic E-state index is 11.2. The first-order valence-electron chi connectivity index (χ1n) is 6.54. The van der Waals surface area contributed by atoms with E-state index in [1.165, 1.54) is 13.0 Å². The molecule has 0 spiro atoms. The van der Waals surface area contributed by atoms with Crippen molar-refractivity contribution in [1.82, 2.24) is 5.32 Å². The van der Waals surface area contributed by atoms with Crippen molar-refractivity contribution < 1.29 is 24.2 Å². The fraction of sp³-hybridized carbons (Fsp3) is 0.333. The molecule has 1 amide bonds. The first-order chi connectivity index (χ1) is 10.1. The molecule has 0 radical (unpaired) electrons. The van der Waals surface area contributed by atoms with E-state index in [2.05, 4.69) is 5.32 Å². The highest BCUT2D eigenvalue weighted by Crippen LogP contribution is 2.19. The second kappa shape index (κ2) is 7.01. The van der Waals surface area contributed by atoms with E-state index in [0.717, 1.165) is 5.56 Å². The van der Waals surface area contributed by atoms with Crippen molar-refractivity contribution in [3.63, 3.8) is 0 Å². The lowest BCUT2D eigenvalue weighted by molar-refractivity contribution is -0.171. The van der Waals surface area contributed by atoms with Gasteiger partial charge in [0.1, 0.15) is 12.1 Å². The average Bonchev–Trinajstić information content (AvgIpc) is 2.48. The number of carbonyl (C=O) groups excluding carboxylic acids is 2. The molecule has 1 heterocycles. The zero-order chi connectivity index (χ0) is 15.2. The molecule has 6 heteroatoms. The molecule has 2 N–H and O–H groups in total. The fourth-order valence-electron chi connectivity index (χ4n) is 2.03. The molecule has 0 aliphatic carbocycles. The molecular weight excluding hydrogens is 274 g/mol. The second-order valence-electron chi connectivity index (χ2n) is 4.69. The van der Waals surface area contributed by atoms with Gasteiger partial charge in [-0.3, -0.25) is 9.59 Å². The van der Waals surface area contributed by atoms with E-state index in [1.807, 2.05) is 30.3 Å². The third-order valence-corrected chi connectivity index (χ3v) is 2.99. The smallest absolute Gasteiger partial charge is 0.223 e. The Morgan fingerprint density at radius 3 is 2.76 bits per heavy atom. The Morgan fingerprint density at radius 2 is 2.14 bits per heavy atom. The summed E-state index contributed by atoms with van der Waals surface area (Å²) in [4.78, 5) is 22.0. The minimum Gasteiger partial charge on any atom is -0.459 e. The molecule has 2 rings (SSSR count). The summed E-state index contributed by atoms with van der Waals surface area (Å²) in [5.74, 6) is -0.332. The molecule has 1 aromatic carbocycles. The van der Waals surface area contributed by atoms with Gasteiger partial charge in [-0.25, -0.2) is 0 Å². The van der Waals surface area contributed by atoms with E-state index in [4.69, 9.17) is 9.47 Å². The van der Waals surface area contributed by atoms with Crippen LogP contribution in [0.25, 0.3) is 0 Å². The summed E-state index contributed by atoms with van der Waals surface area (Å²) in [6, 6.07) is 8.62. The van der Waals surface area contributed by atoms with E-state index in [1.54, 1.807) is 0 Å². The number of ether oxygens (including phenoxy) is 2. The van der Waals surface area contributed by atoms with Crippen molar-refractivity contribution in [3.05, 3.63) is 47.7 Å². The molecule has 6 nitrogen and oxygen atoms in total. The number of hydrogen-bond donors (Lipinski definition) is 2. The second-order valence-corrected chi connectivity index (χ2v) is 4.69. The van der Waals surface area contributed by atoms with Crippen LogP contribution in [-0.4, -0.2) is 35.7 Å². The number of allylic oxidation sites excluding steroid dienone is 1. The predicted octanol–water partition coefficient (Wildman–Crippen LogP) is 0.508. The minimum absolute atomic E-state index is 0.0119. The van der Waals surface area contributed by atoms with Crippen molar-refractivity contribution in [2.75, 3.05) is 0 Å². The number of aliphatic hydroxyl groups excluding tert-OH is 1. The first kappa shape index (κ1) is 15.2. The van der Waals surface area contributed by atoms with Crippen molar-refractivity contribution in [1.29, 1.82) is 0 Å². The molecular formula is C15H17NO5. The number of amides is 1. The molecule has 3 atom stereocenters. The van der Waals surface area contributed by atoms with Crippen LogP contribution in [0, 0.1) is 0 Å². The van der Waals surface area contributed by atoms with Crippen molar-refractivity contribution >= 4 is 12.2 Å². The molecule has 0 fully saturated rings. The molecule has 0 saturated carbocycles. The molecule has 21 heavy (non-hydrogen) atoms. The van der Waals surface area contributed by atoms with Gasteiger partial charge >= 0.3 is 0 Å². The van der Waals surface area contributed by atoms with Crippen LogP contribution in [0.15, 0.2) is 42.2 Å². The average molecular weight is 291 g/mol. The van der Waals surface area contributed by atoms with Crippen LogP contribution in [0.2, 0.25) is 0 Å². The van der Waals surface area contributed by atoms with Gasteiger partial charge in [0.25, 0.3) is 0 Å². The summed E-state index contributed by atoms with van der Waals surface area (Å²) in [6.45, 7) is 1.57. The number of aliphatic hydroxyl groups is 1. The summed E-state index contributed by atoms with van der Waals surface area (Å²) in [6.07, 6.45) is -0.250. The standard InChI is InChI=1S/C15H17NO5/c1-10(18)16-14-13(19)7-12(8-17)21-15(14)20-9-11-5-3-2-4-6-11/h2-8,13-15,19H,9H2,1H3,(H,16,18)/t13-,14+,15+/m0/s1. The number of rotatable bonds is 5. The zero-order valence-electron chi connectivity index (χ0n) is 11.6. The Morgan fingerprint density at radius 1 is 1.43 bits per heavy atom. The minimum atomic E-state index is -1.05. The van der Waals surface area contributed by atoms with Crippen molar-refractivity contribution in [2.24, 2.45) is 0 Å². The molecule has 0 bridgehead atoms. The number of nitrogens with one attached hydrogen (secondary N) is 1. The van der Waals surface area contributed by atoms with Crippen LogP contribution >= 0.6 is 0 Å². The van der Waals surface area contributed by atoms with Crippen LogP contribution < -0.4 is 5.32 Å². The maximum atomic E-state index is 11.2. The van der Waals surface area contributed by atoms with E-state index >= 15 is 0 Å². The third kappa shape index (κ3) is 4.14. The molecule has 0 saturated heterocycles. The highest BCUT2D eigenvalue weighted by atomic mass is 16.7. The number of aldehydes is 1. The normalized spacial score (nSPS) is 24.7. The lowest BCUT2D eigenvalue weighted by Crippen LogP contribution is -2.53. The van der Waals surface area contributed by atoms with Gasteiger partial charge in [-0.05, 0) is 11.6 Å². The third-order valence-electron chi connectivity index (χ3n) is 2.99. The Labute approximate surface area is 122 Å². The van der Waals surface area contributed by atoms with Crippen LogP contribution in [0.3, 0.4) is 0 Å². The quantitative estimate of drug-likeness (QED) is 0.772. The van der Waals surface area contributed by atoms with Crippen LogP contribution in [0.5, 0.6) is 0 Å². The van der Waals surface area contributed by atoms with Gasteiger partial charge in [-0.2, -0.15) is 0 Å². The lowest BCUT2D eigenvalue weighted by Gasteiger charge is -2.33. The van der Waals surface area contributed by atoms with Gasteiger partial charge in [0.15, 0.2) is 12.0 Å². The van der Waals surface area contributed by atoms with Gasteiger partial charge in [-0.15, -0.1) is 0 Å². The monoisotopic (exact) mass is 291 g/mol. The van der Waals surface area contributed by atoms with Gasteiger partial charge < -0.3 is 19.9 Å². The Bertz CT molecular complexity index is 528. The topological polar surface area (TPSA) is 84.9 Å². The SMILES string of the molecule is CC(=O)N[C@H]1[C@H](OCc2ccccc2)OC(C=O)=C[C@@H]1O. The highest BCUT2D eigenvalue weighted by molar-refractivity contribution is 5.74. The van der Waals surface area contributed by atoms with E-state index in [-0.39, 0.29) is 18.3 Å². The van der Waals surface area contributed by atoms with E-state index in [9.17, 15) is 14.7 Å². The largest absolute Gasteiger partial charge is 0.459 e. The Balaban J connectivity index is 2.07. The maximum Gasteiger partial charge on any atom is 0.223 e. The van der Waals surface area contributed by atoms with Gasteiger partial charge in [0.2, 0.25) is 12.2 Å². The molecule has 1 aromatic rings. The fourth-order valence-corrected chi connectivity index (χ4v) is 2.03. The lowest BCUT2D eigenvalue weighted by atomic mass is 10.1. The van der Waals surface area contributed by atoms with Crippen LogP contribution in [-0.2, 0) is 25.7 Å². The van der Waals surface area contributed by atoms with Crippen LogP contribution in [0.4, 0.5) is 0 Å². The van der Waals surface area contributed by atoms with Gasteiger partial charge in [0.05, 0.1) is 6.61 Å². The molecule has 0 unspecified atom stereocenters. The van der Waals surface area contributed by atoms with Crippen molar-refractivity contribution in [2.45, 2.75) is 32.0 Å². The summed E-state index contributed by atoms with van der Waals surface area (Å²) < 4.78 is 10.9. The summed E-state index contributed by atoms with van der Waals surface area (Å²) in [5, 5.41) is 12.5. The Hall–Kier alpha value is -2.18. The Kier molecular flexibility index (Phi) is 5.08. The summed E-state index contributed by atoms with van der Waals surface area (Å²) in [5.41, 5.74) is 0.916.